The molecule has 1 saturated heterocycles. The van der Waals surface area contributed by atoms with Crippen LogP contribution in [0.4, 0.5) is 0 Å². The van der Waals surface area contributed by atoms with Gasteiger partial charge in [0.2, 0.25) is 5.91 Å². The summed E-state index contributed by atoms with van der Waals surface area (Å²) in [7, 11) is 0. The molecule has 0 radical (unpaired) electrons. The van der Waals surface area contributed by atoms with Crippen LogP contribution in [0.1, 0.15) is 52.4 Å². The first-order chi connectivity index (χ1) is 9.03. The van der Waals surface area contributed by atoms with E-state index < -0.39 is 5.60 Å². The highest BCUT2D eigenvalue weighted by Gasteiger charge is 2.51. The Bertz CT molecular complexity index is 309. The Hall–Kier alpha value is -0.610. The van der Waals surface area contributed by atoms with Crippen LogP contribution in [0.3, 0.4) is 0 Å². The number of likely N-dealkylation sites (tertiary alicyclic amines) is 1. The van der Waals surface area contributed by atoms with E-state index in [1.807, 2.05) is 4.90 Å². The van der Waals surface area contributed by atoms with Gasteiger partial charge >= 0.3 is 0 Å². The van der Waals surface area contributed by atoms with E-state index in [2.05, 4.69) is 19.2 Å². The Balaban J connectivity index is 1.57. The van der Waals surface area contributed by atoms with Crippen molar-refractivity contribution in [1.29, 1.82) is 0 Å². The quantitative estimate of drug-likeness (QED) is 0.656. The van der Waals surface area contributed by atoms with E-state index in [1.54, 1.807) is 0 Å². The van der Waals surface area contributed by atoms with Gasteiger partial charge in [-0.2, -0.15) is 0 Å². The summed E-state index contributed by atoms with van der Waals surface area (Å²) in [4.78, 5) is 13.9. The molecule has 1 atom stereocenters. The van der Waals surface area contributed by atoms with E-state index in [9.17, 15) is 9.90 Å². The second-order valence-corrected chi connectivity index (χ2v) is 6.49. The van der Waals surface area contributed by atoms with Gasteiger partial charge in [-0.25, -0.2) is 0 Å². The van der Waals surface area contributed by atoms with Crippen LogP contribution < -0.4 is 5.32 Å². The van der Waals surface area contributed by atoms with E-state index in [-0.39, 0.29) is 11.9 Å². The summed E-state index contributed by atoms with van der Waals surface area (Å²) in [6.07, 6.45) is 7.01. The number of amides is 1. The average Bonchev–Trinajstić information content (AvgIpc) is 3.10. The molecule has 2 N–H and O–H groups in total. The predicted octanol–water partition coefficient (Wildman–Crippen LogP) is 1.53. The first kappa shape index (κ1) is 14.8. The molecule has 1 amide bonds. The average molecular weight is 268 g/mol. The topological polar surface area (TPSA) is 52.6 Å². The minimum Gasteiger partial charge on any atom is -0.387 e. The van der Waals surface area contributed by atoms with Crippen LogP contribution in [0.2, 0.25) is 0 Å². The van der Waals surface area contributed by atoms with Crippen molar-refractivity contribution in [3.8, 4) is 0 Å². The van der Waals surface area contributed by atoms with Crippen molar-refractivity contribution in [2.24, 2.45) is 5.92 Å². The fourth-order valence-electron chi connectivity index (χ4n) is 3.02. The Morgan fingerprint density at radius 1 is 1.42 bits per heavy atom. The van der Waals surface area contributed by atoms with Crippen LogP contribution in [-0.2, 0) is 4.79 Å². The zero-order valence-electron chi connectivity index (χ0n) is 12.3. The number of nitrogens with zero attached hydrogens (tertiary/aromatic N) is 1. The number of carbonyl (C=O) groups excluding carboxylic acids is 1. The molecule has 1 saturated carbocycles. The molecule has 0 aromatic heterocycles. The molecule has 19 heavy (non-hydrogen) atoms. The first-order valence-electron chi connectivity index (χ1n) is 7.77. The van der Waals surface area contributed by atoms with Gasteiger partial charge < -0.3 is 10.4 Å². The van der Waals surface area contributed by atoms with Gasteiger partial charge in [-0.05, 0) is 32.1 Å². The van der Waals surface area contributed by atoms with E-state index >= 15 is 0 Å². The highest BCUT2D eigenvalue weighted by Crippen LogP contribution is 2.44. The van der Waals surface area contributed by atoms with Crippen molar-refractivity contribution in [1.82, 2.24) is 10.2 Å². The van der Waals surface area contributed by atoms with E-state index in [0.717, 1.165) is 19.3 Å². The third kappa shape index (κ3) is 4.18. The number of β-amino-alcohol motifs (C(OH)–C–C–N with tert-alkyl or cyclic N) is 1. The molecule has 110 valence electrons. The largest absolute Gasteiger partial charge is 0.387 e. The van der Waals surface area contributed by atoms with E-state index in [0.29, 0.717) is 25.6 Å². The van der Waals surface area contributed by atoms with Gasteiger partial charge in [-0.15, -0.1) is 0 Å². The van der Waals surface area contributed by atoms with Crippen LogP contribution in [-0.4, -0.2) is 47.2 Å². The van der Waals surface area contributed by atoms with Gasteiger partial charge in [-0.3, -0.25) is 9.69 Å². The lowest BCUT2D eigenvalue weighted by Crippen LogP contribution is -2.64. The molecule has 0 spiro atoms. The van der Waals surface area contributed by atoms with Gasteiger partial charge in [-0.1, -0.05) is 26.2 Å². The fraction of sp³-hybridized carbons (Fsp3) is 0.933. The maximum Gasteiger partial charge on any atom is 0.234 e. The molecular formula is C15H28N2O2. The highest BCUT2D eigenvalue weighted by molar-refractivity contribution is 5.78. The monoisotopic (exact) mass is 268 g/mol. The molecule has 1 aliphatic carbocycles. The highest BCUT2D eigenvalue weighted by atomic mass is 16.3. The Labute approximate surface area is 116 Å². The fourth-order valence-corrected chi connectivity index (χ4v) is 3.02. The maximum absolute atomic E-state index is 11.9. The first-order valence-corrected chi connectivity index (χ1v) is 7.77. The van der Waals surface area contributed by atoms with E-state index in [4.69, 9.17) is 0 Å². The molecule has 2 fully saturated rings. The van der Waals surface area contributed by atoms with Gasteiger partial charge in [0.05, 0.1) is 12.1 Å². The zero-order chi connectivity index (χ0) is 13.9. The number of aliphatic hydroxyl groups is 1. The summed E-state index contributed by atoms with van der Waals surface area (Å²) >= 11 is 0. The van der Waals surface area contributed by atoms with Crippen LogP contribution in [0.5, 0.6) is 0 Å². The molecular weight excluding hydrogens is 240 g/mol. The molecule has 0 aromatic carbocycles. The van der Waals surface area contributed by atoms with Gasteiger partial charge in [0.1, 0.15) is 0 Å². The summed E-state index contributed by atoms with van der Waals surface area (Å²) < 4.78 is 0. The second-order valence-electron chi connectivity index (χ2n) is 6.49. The maximum atomic E-state index is 11.9. The third-order valence-electron chi connectivity index (χ3n) is 4.35. The van der Waals surface area contributed by atoms with Crippen LogP contribution >= 0.6 is 0 Å². The molecule has 2 rings (SSSR count). The van der Waals surface area contributed by atoms with Gasteiger partial charge in [0.25, 0.3) is 0 Å². The lowest BCUT2D eigenvalue weighted by Gasteiger charge is -2.46. The van der Waals surface area contributed by atoms with Gasteiger partial charge in [0, 0.05) is 19.1 Å². The van der Waals surface area contributed by atoms with Crippen molar-refractivity contribution >= 4 is 5.91 Å². The minimum atomic E-state index is -0.479. The predicted molar refractivity (Wildman–Crippen MR) is 75.9 cm³/mol. The Kier molecular flexibility index (Phi) is 4.85. The van der Waals surface area contributed by atoms with Crippen molar-refractivity contribution < 1.29 is 9.90 Å². The summed E-state index contributed by atoms with van der Waals surface area (Å²) in [6.45, 7) is 6.05. The molecule has 1 aliphatic heterocycles. The summed E-state index contributed by atoms with van der Waals surface area (Å²) in [6, 6.07) is 0.266. The lowest BCUT2D eigenvalue weighted by atomic mass is 9.89. The number of unbranched alkanes of at least 4 members (excludes halogenated alkanes) is 2. The standard InChI is InChI=1S/C15H28N2O2/c1-3-4-5-6-12(2)16-14(18)9-17-10-15(19,11-17)13-7-8-13/h12-13,19H,3-11H2,1-2H3,(H,16,18). The lowest BCUT2D eigenvalue weighted by molar-refractivity contribution is -0.137. The molecule has 2 aliphatic rings. The summed E-state index contributed by atoms with van der Waals surface area (Å²) in [5.74, 6) is 0.599. The molecule has 4 nitrogen and oxygen atoms in total. The third-order valence-corrected chi connectivity index (χ3v) is 4.35. The van der Waals surface area contributed by atoms with Crippen molar-refractivity contribution in [2.75, 3.05) is 19.6 Å². The normalized spacial score (nSPS) is 23.7. The molecule has 1 heterocycles. The van der Waals surface area contributed by atoms with Crippen molar-refractivity contribution in [2.45, 2.75) is 64.0 Å². The van der Waals surface area contributed by atoms with Crippen molar-refractivity contribution in [3.63, 3.8) is 0 Å². The zero-order valence-corrected chi connectivity index (χ0v) is 12.3. The Morgan fingerprint density at radius 3 is 2.68 bits per heavy atom. The SMILES string of the molecule is CCCCCC(C)NC(=O)CN1CC(O)(C2CC2)C1. The van der Waals surface area contributed by atoms with Gasteiger partial charge in [0.15, 0.2) is 0 Å². The van der Waals surface area contributed by atoms with E-state index in [1.165, 1.54) is 19.3 Å². The number of nitrogens with one attached hydrogen (secondary N) is 1. The number of rotatable bonds is 8. The van der Waals surface area contributed by atoms with Crippen molar-refractivity contribution in [3.05, 3.63) is 0 Å². The van der Waals surface area contributed by atoms with Crippen LogP contribution in [0.25, 0.3) is 0 Å². The number of hydrogen-bond acceptors (Lipinski definition) is 3. The molecule has 1 unspecified atom stereocenters. The molecule has 0 bridgehead atoms. The molecule has 0 aromatic rings. The summed E-state index contributed by atoms with van der Waals surface area (Å²) in [5, 5.41) is 13.2. The molecule has 4 heteroatoms. The smallest absolute Gasteiger partial charge is 0.234 e. The second kappa shape index (κ2) is 6.23. The summed E-state index contributed by atoms with van der Waals surface area (Å²) in [5.41, 5.74) is -0.479. The minimum absolute atomic E-state index is 0.0989. The van der Waals surface area contributed by atoms with Crippen LogP contribution in [0, 0.1) is 5.92 Å². The Morgan fingerprint density at radius 2 is 2.11 bits per heavy atom. The number of hydrogen-bond donors (Lipinski definition) is 2. The van der Waals surface area contributed by atoms with Crippen LogP contribution in [0.15, 0.2) is 0 Å². The number of carbonyl (C=O) groups is 1.